The molecule has 20 heavy (non-hydrogen) atoms. The van der Waals surface area contributed by atoms with Gasteiger partial charge < -0.3 is 0 Å². The zero-order valence-corrected chi connectivity index (χ0v) is 13.3. The highest BCUT2D eigenvalue weighted by Gasteiger charge is 2.26. The summed E-state index contributed by atoms with van der Waals surface area (Å²) >= 11 is 3.61. The van der Waals surface area contributed by atoms with Gasteiger partial charge in [0.25, 0.3) is 0 Å². The summed E-state index contributed by atoms with van der Waals surface area (Å²) in [5.74, 6) is 0. The molecule has 0 saturated carbocycles. The first-order valence-corrected chi connectivity index (χ1v) is 8.71. The second-order valence-corrected chi connectivity index (χ2v) is 7.27. The van der Waals surface area contributed by atoms with Crippen molar-refractivity contribution in [2.45, 2.75) is 32.9 Å². The average molecular weight is 303 g/mol. The Kier molecular flexibility index (Phi) is 2.94. The van der Waals surface area contributed by atoms with E-state index < -0.39 is 0 Å². The summed E-state index contributed by atoms with van der Waals surface area (Å²) in [4.78, 5) is 9.91. The van der Waals surface area contributed by atoms with Crippen molar-refractivity contribution in [3.8, 4) is 0 Å². The largest absolute Gasteiger partial charge is 0.293 e. The first-order chi connectivity index (χ1) is 9.74. The molecule has 0 aliphatic carbocycles. The minimum atomic E-state index is 0.508. The van der Waals surface area contributed by atoms with Crippen LogP contribution in [0.2, 0.25) is 0 Å². The molecule has 0 N–H and O–H groups in total. The minimum absolute atomic E-state index is 0.508. The second-order valence-electron chi connectivity index (χ2n) is 5.40. The van der Waals surface area contributed by atoms with Gasteiger partial charge in [-0.25, -0.2) is 4.98 Å². The molecule has 3 nitrogen and oxygen atoms in total. The van der Waals surface area contributed by atoms with Crippen LogP contribution in [0.15, 0.2) is 23.0 Å². The first-order valence-electron chi connectivity index (χ1n) is 6.95. The highest BCUT2D eigenvalue weighted by molar-refractivity contribution is 7.15. The van der Waals surface area contributed by atoms with Crippen LogP contribution in [0.25, 0.3) is 4.96 Å². The van der Waals surface area contributed by atoms with Crippen LogP contribution in [-0.2, 0) is 13.0 Å². The van der Waals surface area contributed by atoms with E-state index in [1.54, 1.807) is 16.2 Å². The van der Waals surface area contributed by atoms with Crippen LogP contribution < -0.4 is 0 Å². The third kappa shape index (κ3) is 1.84. The Hall–Kier alpha value is -1.17. The normalized spacial score (nSPS) is 19.6. The minimum Gasteiger partial charge on any atom is -0.293 e. The summed E-state index contributed by atoms with van der Waals surface area (Å²) < 4.78 is 2.25. The van der Waals surface area contributed by atoms with E-state index in [4.69, 9.17) is 0 Å². The van der Waals surface area contributed by atoms with E-state index in [2.05, 4.69) is 51.2 Å². The maximum atomic E-state index is 4.65. The van der Waals surface area contributed by atoms with Gasteiger partial charge in [-0.3, -0.25) is 9.30 Å². The number of fused-ring (bicyclic) bond motifs is 2. The molecule has 4 rings (SSSR count). The topological polar surface area (TPSA) is 20.5 Å². The Bertz CT molecular complexity index is 752. The molecule has 0 aromatic carbocycles. The van der Waals surface area contributed by atoms with Gasteiger partial charge in [0.2, 0.25) is 0 Å². The van der Waals surface area contributed by atoms with Gasteiger partial charge in [-0.2, -0.15) is 0 Å². The van der Waals surface area contributed by atoms with Gasteiger partial charge in [-0.1, -0.05) is 0 Å². The monoisotopic (exact) mass is 303 g/mol. The van der Waals surface area contributed by atoms with Crippen LogP contribution in [0, 0.1) is 6.92 Å². The summed E-state index contributed by atoms with van der Waals surface area (Å²) in [5, 5.41) is 4.34. The Labute approximate surface area is 126 Å². The summed E-state index contributed by atoms with van der Waals surface area (Å²) in [7, 11) is 0. The predicted octanol–water partition coefficient (Wildman–Crippen LogP) is 3.89. The van der Waals surface area contributed by atoms with E-state index in [0.29, 0.717) is 6.04 Å². The highest BCUT2D eigenvalue weighted by atomic mass is 32.1. The second kappa shape index (κ2) is 4.69. The fourth-order valence-electron chi connectivity index (χ4n) is 3.10. The number of imidazole rings is 1. The Morgan fingerprint density at radius 2 is 2.25 bits per heavy atom. The van der Waals surface area contributed by atoms with Crippen molar-refractivity contribution in [3.05, 3.63) is 44.9 Å². The van der Waals surface area contributed by atoms with Crippen molar-refractivity contribution < 1.29 is 0 Å². The fourth-order valence-corrected chi connectivity index (χ4v) is 4.84. The zero-order chi connectivity index (χ0) is 13.7. The van der Waals surface area contributed by atoms with Crippen molar-refractivity contribution in [3.63, 3.8) is 0 Å². The number of rotatable bonds is 2. The van der Waals surface area contributed by atoms with Crippen molar-refractivity contribution in [2.24, 2.45) is 0 Å². The number of hydrogen-bond acceptors (Lipinski definition) is 4. The molecule has 0 fully saturated rings. The molecule has 4 heterocycles. The van der Waals surface area contributed by atoms with Crippen molar-refractivity contribution in [1.82, 2.24) is 14.3 Å². The lowest BCUT2D eigenvalue weighted by atomic mass is 10.0. The molecule has 1 aliphatic rings. The maximum Gasteiger partial charge on any atom is 0.194 e. The highest BCUT2D eigenvalue weighted by Crippen LogP contribution is 2.34. The number of thiophene rings is 1. The molecular weight excluding hydrogens is 286 g/mol. The molecule has 3 aromatic heterocycles. The molecule has 1 unspecified atom stereocenters. The average Bonchev–Trinajstić information content (AvgIpc) is 3.11. The van der Waals surface area contributed by atoms with Crippen LogP contribution >= 0.6 is 22.7 Å². The smallest absolute Gasteiger partial charge is 0.194 e. The zero-order valence-electron chi connectivity index (χ0n) is 11.7. The molecular formula is C15H17N3S2. The molecule has 0 spiro atoms. The van der Waals surface area contributed by atoms with Gasteiger partial charge in [-0.05, 0) is 37.3 Å². The number of thiazole rings is 1. The van der Waals surface area contributed by atoms with E-state index in [9.17, 15) is 0 Å². The number of hydrogen-bond donors (Lipinski definition) is 0. The van der Waals surface area contributed by atoms with Crippen LogP contribution in [0.3, 0.4) is 0 Å². The number of aromatic nitrogens is 2. The lowest BCUT2D eigenvalue weighted by molar-refractivity contribution is 0.188. The molecule has 3 aromatic rings. The quantitative estimate of drug-likeness (QED) is 0.716. The molecule has 0 amide bonds. The van der Waals surface area contributed by atoms with E-state index in [-0.39, 0.29) is 0 Å². The molecule has 5 heteroatoms. The summed E-state index contributed by atoms with van der Waals surface area (Å²) in [6.07, 6.45) is 3.32. The predicted molar refractivity (Wildman–Crippen MR) is 84.7 cm³/mol. The fraction of sp³-hybridized carbons (Fsp3) is 0.400. The Morgan fingerprint density at radius 3 is 3.15 bits per heavy atom. The van der Waals surface area contributed by atoms with Crippen molar-refractivity contribution in [2.75, 3.05) is 6.54 Å². The molecule has 0 radical (unpaired) electrons. The van der Waals surface area contributed by atoms with Crippen molar-refractivity contribution >= 4 is 27.6 Å². The number of aryl methyl sites for hydroxylation is 1. The van der Waals surface area contributed by atoms with Crippen LogP contribution in [0.5, 0.6) is 0 Å². The number of nitrogens with zero attached hydrogens (tertiary/aromatic N) is 3. The van der Waals surface area contributed by atoms with E-state index in [1.165, 1.54) is 23.4 Å². The molecule has 1 aliphatic heterocycles. The summed E-state index contributed by atoms with van der Waals surface area (Å²) in [6, 6.07) is 2.80. The molecule has 0 saturated heterocycles. The third-order valence-electron chi connectivity index (χ3n) is 4.32. The third-order valence-corrected chi connectivity index (χ3v) is 6.07. The lowest BCUT2D eigenvalue weighted by Crippen LogP contribution is -2.33. The van der Waals surface area contributed by atoms with Crippen molar-refractivity contribution in [1.29, 1.82) is 0 Å². The van der Waals surface area contributed by atoms with Gasteiger partial charge in [0.1, 0.15) is 0 Å². The van der Waals surface area contributed by atoms with Crippen LogP contribution in [0.4, 0.5) is 0 Å². The standard InChI is InChI=1S/C15H17N3S2/c1-10-13(18-6-8-20-15(18)16-10)9-17-5-3-14-12(11(17)2)4-7-19-14/h4,6-8,11H,3,5,9H2,1-2H3. The molecule has 1 atom stereocenters. The van der Waals surface area contributed by atoms with Gasteiger partial charge in [0.05, 0.1) is 11.4 Å². The van der Waals surface area contributed by atoms with Gasteiger partial charge in [-0.15, -0.1) is 22.7 Å². The first kappa shape index (κ1) is 12.6. The molecule has 0 bridgehead atoms. The van der Waals surface area contributed by atoms with Crippen LogP contribution in [-0.4, -0.2) is 20.8 Å². The summed E-state index contributed by atoms with van der Waals surface area (Å²) in [6.45, 7) is 6.58. The van der Waals surface area contributed by atoms with E-state index in [0.717, 1.165) is 18.1 Å². The van der Waals surface area contributed by atoms with Gasteiger partial charge in [0, 0.05) is 35.6 Å². The van der Waals surface area contributed by atoms with E-state index in [1.807, 2.05) is 11.3 Å². The van der Waals surface area contributed by atoms with Crippen LogP contribution in [0.1, 0.15) is 34.8 Å². The Morgan fingerprint density at radius 1 is 1.35 bits per heavy atom. The lowest BCUT2D eigenvalue weighted by Gasteiger charge is -2.33. The summed E-state index contributed by atoms with van der Waals surface area (Å²) in [5.41, 5.74) is 4.02. The molecule has 104 valence electrons. The SMILES string of the molecule is Cc1nc2sccn2c1CN1CCc2sccc2C1C. The van der Waals surface area contributed by atoms with E-state index >= 15 is 0 Å². The van der Waals surface area contributed by atoms with Gasteiger partial charge >= 0.3 is 0 Å². The van der Waals surface area contributed by atoms with Gasteiger partial charge in [0.15, 0.2) is 4.96 Å². The Balaban J connectivity index is 1.67. The maximum absolute atomic E-state index is 4.65.